The molecule has 2 N–H and O–H groups in total. The van der Waals surface area contributed by atoms with Crippen LogP contribution in [-0.2, 0) is 23.9 Å². The van der Waals surface area contributed by atoms with Crippen LogP contribution in [0.2, 0.25) is 0 Å². The van der Waals surface area contributed by atoms with Gasteiger partial charge in [0.2, 0.25) is 0 Å². The fraction of sp³-hybridized carbons (Fsp3) is 0.875. The van der Waals surface area contributed by atoms with Gasteiger partial charge >= 0.3 is 71.1 Å². The Morgan fingerprint density at radius 3 is 0.884 bits per heavy atom. The van der Waals surface area contributed by atoms with Gasteiger partial charge in [-0.2, -0.15) is 0 Å². The van der Waals surface area contributed by atoms with Gasteiger partial charge in [0, 0.05) is 25.2 Å². The van der Waals surface area contributed by atoms with Gasteiger partial charge in [-0.25, -0.2) is 0 Å². The van der Waals surface area contributed by atoms with Gasteiger partial charge in [0.25, 0.3) is 0 Å². The number of carboxylic acid groups (broad SMARTS) is 4. The molecule has 0 aromatic carbocycles. The largest absolute Gasteiger partial charge is 1.00 e. The Kier molecular flexibility index (Phi) is 56.3. The van der Waals surface area contributed by atoms with Crippen molar-refractivity contribution in [2.45, 2.75) is 168 Å². The molecule has 0 heterocycles. The molecule has 0 aliphatic heterocycles. The maximum atomic E-state index is 9.64. The standard InChI is InChI=1S/C24H50O.2C4H6O4.2Na/c1-3-5-7-9-11-13-15-17-19-21-23-25-24-22-20-18-16-14-12-10-8-6-4-2;2*5-3(6)1-2-4(7)8;;/h3-24H2,1-2H3;2*1-2H2,(H,5,6)(H,7,8);;/q;;;2*+1/p-2. The van der Waals surface area contributed by atoms with Crippen LogP contribution in [-0.4, -0.2) is 47.3 Å². The van der Waals surface area contributed by atoms with Crippen LogP contribution in [0.25, 0.3) is 0 Å². The molecular weight excluding hydrogens is 574 g/mol. The summed E-state index contributed by atoms with van der Waals surface area (Å²) in [5.41, 5.74) is 0. The molecule has 244 valence electrons. The van der Waals surface area contributed by atoms with Crippen LogP contribution >= 0.6 is 0 Å². The van der Waals surface area contributed by atoms with Gasteiger partial charge in [-0.15, -0.1) is 0 Å². The second-order valence-corrected chi connectivity index (χ2v) is 10.5. The fourth-order valence-corrected chi connectivity index (χ4v) is 3.90. The average molecular weight is 635 g/mol. The molecule has 0 aromatic rings. The molecule has 0 saturated carbocycles. The summed E-state index contributed by atoms with van der Waals surface area (Å²) in [6, 6.07) is 0. The monoisotopic (exact) mass is 634 g/mol. The van der Waals surface area contributed by atoms with E-state index in [-0.39, 0.29) is 72.0 Å². The molecule has 0 fully saturated rings. The quantitative estimate of drug-likeness (QED) is 0.0894. The first-order chi connectivity index (χ1) is 19.7. The van der Waals surface area contributed by atoms with Gasteiger partial charge in [-0.1, -0.05) is 129 Å². The van der Waals surface area contributed by atoms with Crippen molar-refractivity contribution in [3.63, 3.8) is 0 Å². The zero-order chi connectivity index (χ0) is 31.4. The normalized spacial score (nSPS) is 9.72. The topological polar surface area (TPSA) is 164 Å². The number of hydrogen-bond donors (Lipinski definition) is 2. The van der Waals surface area contributed by atoms with Gasteiger partial charge in [0.1, 0.15) is 0 Å². The molecule has 0 spiro atoms. The van der Waals surface area contributed by atoms with E-state index in [0.29, 0.717) is 0 Å². The number of carboxylic acids is 4. The van der Waals surface area contributed by atoms with E-state index in [0.717, 1.165) is 13.2 Å². The molecule has 0 bridgehead atoms. The van der Waals surface area contributed by atoms with Gasteiger partial charge in [0.05, 0.1) is 12.8 Å². The van der Waals surface area contributed by atoms with Crippen molar-refractivity contribution in [1.29, 1.82) is 0 Å². The van der Waals surface area contributed by atoms with Gasteiger partial charge in [-0.05, 0) is 25.7 Å². The first-order valence-corrected chi connectivity index (χ1v) is 16.1. The molecule has 0 aliphatic carbocycles. The minimum atomic E-state index is -1.37. The molecular formula is C32H60Na2O9. The molecule has 11 heteroatoms. The molecule has 0 rings (SSSR count). The Morgan fingerprint density at radius 1 is 0.442 bits per heavy atom. The third kappa shape index (κ3) is 65.5. The third-order valence-electron chi connectivity index (χ3n) is 6.37. The van der Waals surface area contributed by atoms with E-state index in [9.17, 15) is 29.4 Å². The van der Waals surface area contributed by atoms with E-state index in [1.54, 1.807) is 0 Å². The molecule has 0 atom stereocenters. The minimum Gasteiger partial charge on any atom is -0.550 e. The Labute approximate surface area is 306 Å². The summed E-state index contributed by atoms with van der Waals surface area (Å²) in [4.78, 5) is 38.3. The van der Waals surface area contributed by atoms with E-state index in [1.807, 2.05) is 0 Å². The Bertz CT molecular complexity index is 527. The first-order valence-electron chi connectivity index (χ1n) is 16.1. The molecule has 0 unspecified atom stereocenters. The zero-order valence-electron chi connectivity index (χ0n) is 28.1. The summed E-state index contributed by atoms with van der Waals surface area (Å²) in [6.45, 7) is 6.57. The van der Waals surface area contributed by atoms with Gasteiger partial charge in [-0.3, -0.25) is 9.59 Å². The Balaban J connectivity index is -0.000000220. The van der Waals surface area contributed by atoms with E-state index >= 15 is 0 Å². The van der Waals surface area contributed by atoms with Crippen molar-refractivity contribution in [3.8, 4) is 0 Å². The summed E-state index contributed by atoms with van der Waals surface area (Å²) in [6.07, 6.45) is 26.6. The summed E-state index contributed by atoms with van der Waals surface area (Å²) in [5.74, 6) is -4.89. The molecule has 43 heavy (non-hydrogen) atoms. The van der Waals surface area contributed by atoms with E-state index in [4.69, 9.17) is 14.9 Å². The molecule has 0 amide bonds. The van der Waals surface area contributed by atoms with Crippen molar-refractivity contribution in [1.82, 2.24) is 0 Å². The van der Waals surface area contributed by atoms with Gasteiger partial charge in [0.15, 0.2) is 0 Å². The maximum Gasteiger partial charge on any atom is 1.00 e. The maximum absolute atomic E-state index is 9.64. The van der Waals surface area contributed by atoms with Crippen molar-refractivity contribution >= 4 is 23.9 Å². The van der Waals surface area contributed by atoms with Crippen molar-refractivity contribution in [2.24, 2.45) is 0 Å². The number of carbonyl (C=O) groups excluding carboxylic acids is 2. The van der Waals surface area contributed by atoms with Crippen molar-refractivity contribution < 1.29 is 103 Å². The molecule has 0 saturated heterocycles. The van der Waals surface area contributed by atoms with Crippen LogP contribution < -0.4 is 69.3 Å². The van der Waals surface area contributed by atoms with Crippen LogP contribution in [0.1, 0.15) is 168 Å². The van der Waals surface area contributed by atoms with Crippen LogP contribution in [0.15, 0.2) is 0 Å². The van der Waals surface area contributed by atoms with Crippen molar-refractivity contribution in [2.75, 3.05) is 13.2 Å². The zero-order valence-corrected chi connectivity index (χ0v) is 32.1. The van der Waals surface area contributed by atoms with E-state index in [2.05, 4.69) is 13.8 Å². The van der Waals surface area contributed by atoms with Crippen molar-refractivity contribution in [3.05, 3.63) is 0 Å². The smallest absolute Gasteiger partial charge is 0.550 e. The first kappa shape index (κ1) is 52.4. The Hall–Kier alpha value is -0.160. The van der Waals surface area contributed by atoms with E-state index < -0.39 is 36.7 Å². The second kappa shape index (κ2) is 46.3. The SMILES string of the molecule is CCCCCCCCCCCCOCCCCCCCCCCCC.O=C(O)CCC(=O)O.O=C([O-])CCC(=O)[O-].[Na+].[Na+]. The number of aliphatic carboxylic acids is 4. The molecule has 0 aromatic heterocycles. The molecule has 0 aliphatic rings. The predicted molar refractivity (Wildman–Crippen MR) is 158 cm³/mol. The third-order valence-corrected chi connectivity index (χ3v) is 6.37. The number of carbonyl (C=O) groups is 4. The Morgan fingerprint density at radius 2 is 0.674 bits per heavy atom. The number of unbranched alkanes of at least 4 members (excludes halogenated alkanes) is 18. The van der Waals surface area contributed by atoms with Crippen LogP contribution in [0.4, 0.5) is 0 Å². The summed E-state index contributed by atoms with van der Waals surface area (Å²) < 4.78 is 5.78. The summed E-state index contributed by atoms with van der Waals surface area (Å²) in [7, 11) is 0. The summed E-state index contributed by atoms with van der Waals surface area (Å²) in [5, 5.41) is 34.8. The number of hydrogen-bond acceptors (Lipinski definition) is 7. The number of rotatable bonds is 28. The second-order valence-electron chi connectivity index (χ2n) is 10.5. The van der Waals surface area contributed by atoms with Crippen LogP contribution in [0.5, 0.6) is 0 Å². The number of ether oxygens (including phenoxy) is 1. The summed E-state index contributed by atoms with van der Waals surface area (Å²) >= 11 is 0. The van der Waals surface area contributed by atoms with Gasteiger partial charge < -0.3 is 34.8 Å². The van der Waals surface area contributed by atoms with Crippen LogP contribution in [0, 0.1) is 0 Å². The molecule has 0 radical (unpaired) electrons. The minimum absolute atomic E-state index is 0. The fourth-order valence-electron chi connectivity index (χ4n) is 3.90. The average Bonchev–Trinajstić information content (AvgIpc) is 2.92. The van der Waals surface area contributed by atoms with Crippen LogP contribution in [0.3, 0.4) is 0 Å². The molecule has 9 nitrogen and oxygen atoms in total. The predicted octanol–water partition coefficient (Wildman–Crippen LogP) is 0.0550. The van der Waals surface area contributed by atoms with E-state index in [1.165, 1.54) is 128 Å².